The first-order valence-electron chi connectivity index (χ1n) is 5.40. The molecule has 90 valence electrons. The van der Waals surface area contributed by atoms with E-state index in [1.807, 2.05) is 36.4 Å². The molecule has 0 saturated carbocycles. The number of halogens is 2. The van der Waals surface area contributed by atoms with E-state index < -0.39 is 0 Å². The molecular formula is C13H9Br2N3. The van der Waals surface area contributed by atoms with E-state index in [0.29, 0.717) is 5.69 Å². The summed E-state index contributed by atoms with van der Waals surface area (Å²) in [6.45, 7) is 0. The summed E-state index contributed by atoms with van der Waals surface area (Å²) >= 11 is 6.87. The van der Waals surface area contributed by atoms with Crippen LogP contribution in [0.5, 0.6) is 0 Å². The molecule has 2 N–H and O–H groups in total. The minimum Gasteiger partial charge on any atom is -0.398 e. The molecule has 1 aliphatic rings. The van der Waals surface area contributed by atoms with Crippen molar-refractivity contribution in [2.75, 3.05) is 5.73 Å². The predicted octanol–water partition coefficient (Wildman–Crippen LogP) is 2.75. The monoisotopic (exact) mass is 365 g/mol. The maximum absolute atomic E-state index is 5.84. The van der Waals surface area contributed by atoms with E-state index in [2.05, 4.69) is 41.8 Å². The predicted molar refractivity (Wildman–Crippen MR) is 77.7 cm³/mol. The van der Waals surface area contributed by atoms with E-state index >= 15 is 0 Å². The minimum absolute atomic E-state index is 0.175. The SMILES string of the molecule is Nc1ccc2c(c1Br)=N[C@@H](c1ccc(Br)cc1)N=2. The molecule has 5 heteroatoms. The zero-order valence-electron chi connectivity index (χ0n) is 9.27. The molecule has 0 radical (unpaired) electrons. The number of nitrogens with two attached hydrogens (primary N) is 1. The van der Waals surface area contributed by atoms with Crippen LogP contribution in [-0.4, -0.2) is 0 Å². The summed E-state index contributed by atoms with van der Waals surface area (Å²) < 4.78 is 1.87. The van der Waals surface area contributed by atoms with Crippen molar-refractivity contribution in [3.8, 4) is 0 Å². The van der Waals surface area contributed by atoms with Gasteiger partial charge < -0.3 is 5.73 Å². The quantitative estimate of drug-likeness (QED) is 0.775. The highest BCUT2D eigenvalue weighted by atomic mass is 79.9. The molecule has 3 nitrogen and oxygen atoms in total. The van der Waals surface area contributed by atoms with Gasteiger partial charge in [0, 0.05) is 10.2 Å². The Hall–Kier alpha value is -1.20. The highest BCUT2D eigenvalue weighted by Gasteiger charge is 2.14. The number of rotatable bonds is 1. The summed E-state index contributed by atoms with van der Waals surface area (Å²) in [4.78, 5) is 9.19. The number of nitrogens with zero attached hydrogens (tertiary/aromatic N) is 2. The second-order valence-corrected chi connectivity index (χ2v) is 5.73. The summed E-state index contributed by atoms with van der Waals surface area (Å²) in [5.74, 6) is 0. The van der Waals surface area contributed by atoms with Gasteiger partial charge in [-0.3, -0.25) is 9.98 Å². The van der Waals surface area contributed by atoms with Gasteiger partial charge in [-0.05, 0) is 45.8 Å². The van der Waals surface area contributed by atoms with Crippen LogP contribution in [-0.2, 0) is 0 Å². The highest BCUT2D eigenvalue weighted by molar-refractivity contribution is 9.10. The molecule has 0 spiro atoms. The van der Waals surface area contributed by atoms with Gasteiger partial charge in [-0.25, -0.2) is 0 Å². The van der Waals surface area contributed by atoms with Gasteiger partial charge in [0.2, 0.25) is 0 Å². The minimum atomic E-state index is -0.175. The standard InChI is InChI=1S/C13H9Br2N3/c14-8-3-1-7(2-4-8)13-17-10-6-5-9(16)11(15)12(10)18-13/h1-6,13H,16H2/t13-/m0/s1. The number of nitrogen functional groups attached to an aromatic ring is 1. The average molecular weight is 367 g/mol. The number of hydrogen-bond donors (Lipinski definition) is 1. The summed E-state index contributed by atoms with van der Waals surface area (Å²) in [6.07, 6.45) is -0.175. The smallest absolute Gasteiger partial charge is 0.166 e. The molecule has 2 aromatic rings. The van der Waals surface area contributed by atoms with Crippen molar-refractivity contribution >= 4 is 37.5 Å². The van der Waals surface area contributed by atoms with Crippen molar-refractivity contribution in [1.29, 1.82) is 0 Å². The van der Waals surface area contributed by atoms with Crippen LogP contribution in [0.25, 0.3) is 0 Å². The topological polar surface area (TPSA) is 50.7 Å². The van der Waals surface area contributed by atoms with E-state index in [0.717, 1.165) is 25.2 Å². The Labute approximate surface area is 121 Å². The Bertz CT molecular complexity index is 723. The van der Waals surface area contributed by atoms with Crippen molar-refractivity contribution in [3.63, 3.8) is 0 Å². The van der Waals surface area contributed by atoms with Crippen LogP contribution in [0.15, 0.2) is 55.3 Å². The third-order valence-corrected chi connectivity index (χ3v) is 4.17. The van der Waals surface area contributed by atoms with Gasteiger partial charge in [-0.1, -0.05) is 28.1 Å². The summed E-state index contributed by atoms with van der Waals surface area (Å²) in [5, 5.41) is 1.71. The van der Waals surface area contributed by atoms with Crippen LogP contribution >= 0.6 is 31.9 Å². The molecular weight excluding hydrogens is 358 g/mol. The number of hydrogen-bond acceptors (Lipinski definition) is 3. The summed E-state index contributed by atoms with van der Waals surface area (Å²) in [5.41, 5.74) is 7.60. The maximum atomic E-state index is 5.84. The third-order valence-electron chi connectivity index (χ3n) is 2.81. The maximum Gasteiger partial charge on any atom is 0.166 e. The van der Waals surface area contributed by atoms with Gasteiger partial charge in [0.1, 0.15) is 5.36 Å². The van der Waals surface area contributed by atoms with Gasteiger partial charge in [0.15, 0.2) is 6.17 Å². The Morgan fingerprint density at radius 1 is 0.944 bits per heavy atom. The molecule has 0 aliphatic carbocycles. The zero-order valence-corrected chi connectivity index (χ0v) is 12.4. The fourth-order valence-corrected chi connectivity index (χ4v) is 2.57. The molecule has 0 amide bonds. The Kier molecular flexibility index (Phi) is 2.95. The van der Waals surface area contributed by atoms with Gasteiger partial charge in [-0.2, -0.15) is 0 Å². The van der Waals surface area contributed by atoms with E-state index in [1.54, 1.807) is 0 Å². The normalized spacial score (nSPS) is 16.9. The van der Waals surface area contributed by atoms with E-state index in [-0.39, 0.29) is 6.17 Å². The lowest BCUT2D eigenvalue weighted by molar-refractivity contribution is 0.770. The van der Waals surface area contributed by atoms with Crippen LogP contribution in [0, 0.1) is 0 Å². The number of anilines is 1. The first-order valence-corrected chi connectivity index (χ1v) is 6.99. The fraction of sp³-hybridized carbons (Fsp3) is 0.0769. The van der Waals surface area contributed by atoms with Gasteiger partial charge in [-0.15, -0.1) is 0 Å². The summed E-state index contributed by atoms with van der Waals surface area (Å²) in [6, 6.07) is 11.8. The molecule has 1 atom stereocenters. The lowest BCUT2D eigenvalue weighted by Crippen LogP contribution is -2.23. The van der Waals surface area contributed by atoms with Crippen molar-refractivity contribution < 1.29 is 0 Å². The molecule has 1 heterocycles. The average Bonchev–Trinajstić information content (AvgIpc) is 2.80. The van der Waals surface area contributed by atoms with Crippen molar-refractivity contribution in [1.82, 2.24) is 0 Å². The van der Waals surface area contributed by atoms with E-state index in [9.17, 15) is 0 Å². The Balaban J connectivity index is 2.12. The largest absolute Gasteiger partial charge is 0.398 e. The van der Waals surface area contributed by atoms with Crippen LogP contribution in [0.2, 0.25) is 0 Å². The first-order chi connectivity index (χ1) is 8.65. The lowest BCUT2D eigenvalue weighted by Gasteiger charge is -2.03. The number of fused-ring (bicyclic) bond motifs is 1. The molecule has 1 aliphatic heterocycles. The molecule has 0 saturated heterocycles. The molecule has 0 unspecified atom stereocenters. The van der Waals surface area contributed by atoms with Crippen LogP contribution < -0.4 is 16.4 Å². The fourth-order valence-electron chi connectivity index (χ4n) is 1.86. The molecule has 2 aromatic carbocycles. The Morgan fingerprint density at radius 3 is 2.39 bits per heavy atom. The highest BCUT2D eigenvalue weighted by Crippen LogP contribution is 2.23. The zero-order chi connectivity index (χ0) is 12.7. The molecule has 0 fully saturated rings. The second-order valence-electron chi connectivity index (χ2n) is 4.02. The van der Waals surface area contributed by atoms with Gasteiger partial charge >= 0.3 is 0 Å². The van der Waals surface area contributed by atoms with Crippen molar-refractivity contribution in [2.24, 2.45) is 9.98 Å². The molecule has 3 rings (SSSR count). The molecule has 0 aromatic heterocycles. The Morgan fingerprint density at radius 2 is 1.67 bits per heavy atom. The number of benzene rings is 2. The lowest BCUT2D eigenvalue weighted by atomic mass is 10.2. The second kappa shape index (κ2) is 4.48. The van der Waals surface area contributed by atoms with Crippen LogP contribution in [0.3, 0.4) is 0 Å². The van der Waals surface area contributed by atoms with Crippen molar-refractivity contribution in [3.05, 3.63) is 61.6 Å². The molecule has 0 bridgehead atoms. The van der Waals surface area contributed by atoms with E-state index in [1.165, 1.54) is 0 Å². The summed E-state index contributed by atoms with van der Waals surface area (Å²) in [7, 11) is 0. The third kappa shape index (κ3) is 1.97. The van der Waals surface area contributed by atoms with Crippen molar-refractivity contribution in [2.45, 2.75) is 6.17 Å². The van der Waals surface area contributed by atoms with Crippen LogP contribution in [0.4, 0.5) is 5.69 Å². The van der Waals surface area contributed by atoms with Gasteiger partial charge in [0.05, 0.1) is 9.83 Å². The first kappa shape index (κ1) is 11.9. The van der Waals surface area contributed by atoms with E-state index in [4.69, 9.17) is 5.73 Å². The molecule has 18 heavy (non-hydrogen) atoms. The van der Waals surface area contributed by atoms with Gasteiger partial charge in [0.25, 0.3) is 0 Å². The van der Waals surface area contributed by atoms with Crippen LogP contribution in [0.1, 0.15) is 11.7 Å².